The molecule has 8 heteroatoms. The lowest BCUT2D eigenvalue weighted by atomic mass is 10.1. The van der Waals surface area contributed by atoms with Crippen LogP contribution in [0.3, 0.4) is 0 Å². The highest BCUT2D eigenvalue weighted by molar-refractivity contribution is 7.92. The fourth-order valence-corrected chi connectivity index (χ4v) is 3.35. The Morgan fingerprint density at radius 1 is 1.35 bits per heavy atom. The molecule has 0 saturated heterocycles. The first kappa shape index (κ1) is 16.7. The molecular formula is C12H17ClN2O4S. The van der Waals surface area contributed by atoms with Crippen LogP contribution in [0.1, 0.15) is 18.1 Å². The molecule has 0 aliphatic carbocycles. The van der Waals surface area contributed by atoms with E-state index in [9.17, 15) is 18.5 Å². The van der Waals surface area contributed by atoms with Gasteiger partial charge in [-0.2, -0.15) is 0 Å². The first-order valence-electron chi connectivity index (χ1n) is 5.98. The molecule has 1 rings (SSSR count). The maximum Gasteiger partial charge on any atom is 0.293 e. The number of aryl methyl sites for hydroxylation is 2. The first-order chi connectivity index (χ1) is 9.16. The van der Waals surface area contributed by atoms with Gasteiger partial charge in [0.1, 0.15) is 5.69 Å². The average molecular weight is 321 g/mol. The molecule has 0 heterocycles. The number of halogens is 1. The predicted octanol–water partition coefficient (Wildman–Crippen LogP) is 2.83. The molecule has 0 aliphatic heterocycles. The van der Waals surface area contributed by atoms with Crippen molar-refractivity contribution in [3.8, 4) is 0 Å². The zero-order valence-electron chi connectivity index (χ0n) is 11.5. The summed E-state index contributed by atoms with van der Waals surface area (Å²) in [5, 5.41) is 11.0. The minimum absolute atomic E-state index is 0.0140. The summed E-state index contributed by atoms with van der Waals surface area (Å²) in [5.41, 5.74) is 1.24. The minimum atomic E-state index is -3.67. The monoisotopic (exact) mass is 320 g/mol. The van der Waals surface area contributed by atoms with E-state index < -0.39 is 14.9 Å². The molecule has 1 aromatic rings. The lowest BCUT2D eigenvalue weighted by Crippen LogP contribution is -2.22. The molecular weight excluding hydrogens is 304 g/mol. The molecule has 0 spiro atoms. The van der Waals surface area contributed by atoms with Crippen LogP contribution in [0.25, 0.3) is 0 Å². The molecule has 0 radical (unpaired) electrons. The van der Waals surface area contributed by atoms with Crippen LogP contribution in [-0.2, 0) is 10.0 Å². The van der Waals surface area contributed by atoms with E-state index >= 15 is 0 Å². The van der Waals surface area contributed by atoms with Crippen LogP contribution in [0.2, 0.25) is 0 Å². The van der Waals surface area contributed by atoms with E-state index in [1.54, 1.807) is 20.8 Å². The summed E-state index contributed by atoms with van der Waals surface area (Å²) in [5.74, 6) is -0.212. The van der Waals surface area contributed by atoms with Gasteiger partial charge in [0.2, 0.25) is 10.0 Å². The maximum atomic E-state index is 11.9. The number of nitro groups is 1. The normalized spacial score (nSPS) is 13.0. The smallest absolute Gasteiger partial charge is 0.277 e. The van der Waals surface area contributed by atoms with Crippen molar-refractivity contribution in [2.24, 2.45) is 5.92 Å². The van der Waals surface area contributed by atoms with Crippen molar-refractivity contribution in [3.05, 3.63) is 33.4 Å². The van der Waals surface area contributed by atoms with Gasteiger partial charge in [-0.1, -0.05) is 6.92 Å². The van der Waals surface area contributed by atoms with Gasteiger partial charge in [-0.15, -0.1) is 11.6 Å². The lowest BCUT2D eigenvalue weighted by Gasteiger charge is -2.12. The Hall–Kier alpha value is -1.34. The van der Waals surface area contributed by atoms with Gasteiger partial charge < -0.3 is 0 Å². The van der Waals surface area contributed by atoms with Crippen LogP contribution in [0.5, 0.6) is 0 Å². The van der Waals surface area contributed by atoms with Gasteiger partial charge in [0.25, 0.3) is 5.69 Å². The van der Waals surface area contributed by atoms with Crippen molar-refractivity contribution in [2.75, 3.05) is 16.4 Å². The molecule has 0 fully saturated rings. The van der Waals surface area contributed by atoms with Gasteiger partial charge in [0, 0.05) is 11.9 Å². The molecule has 0 aliphatic rings. The third-order valence-corrected chi connectivity index (χ3v) is 4.91. The summed E-state index contributed by atoms with van der Waals surface area (Å²) in [7, 11) is -3.67. The fraction of sp³-hybridized carbons (Fsp3) is 0.500. The van der Waals surface area contributed by atoms with Gasteiger partial charge in [-0.25, -0.2) is 8.42 Å². The second-order valence-corrected chi connectivity index (χ2v) is 6.93. The zero-order chi connectivity index (χ0) is 15.5. The third kappa shape index (κ3) is 4.35. The predicted molar refractivity (Wildman–Crippen MR) is 79.9 cm³/mol. The van der Waals surface area contributed by atoms with Crippen LogP contribution >= 0.6 is 11.6 Å². The molecule has 20 heavy (non-hydrogen) atoms. The Kier molecular flexibility index (Phi) is 5.35. The number of nitrogens with zero attached hydrogens (tertiary/aromatic N) is 1. The molecule has 1 N–H and O–H groups in total. The summed E-state index contributed by atoms with van der Waals surface area (Å²) in [6, 6.07) is 2.83. The topological polar surface area (TPSA) is 89.3 Å². The summed E-state index contributed by atoms with van der Waals surface area (Å²) in [6.45, 7) is 5.19. The fourth-order valence-electron chi connectivity index (χ4n) is 1.66. The number of nitrogens with one attached hydrogen (secondary N) is 1. The molecule has 0 saturated carbocycles. The number of sulfonamides is 1. The summed E-state index contributed by atoms with van der Waals surface area (Å²) < 4.78 is 26.2. The molecule has 0 bridgehead atoms. The number of benzene rings is 1. The largest absolute Gasteiger partial charge is 0.293 e. The number of hydrogen-bond donors (Lipinski definition) is 1. The molecule has 112 valence electrons. The Bertz CT molecular complexity index is 616. The van der Waals surface area contributed by atoms with E-state index in [1.165, 1.54) is 12.1 Å². The summed E-state index contributed by atoms with van der Waals surface area (Å²) >= 11 is 5.59. The lowest BCUT2D eigenvalue weighted by molar-refractivity contribution is -0.383. The van der Waals surface area contributed by atoms with Crippen LogP contribution in [0.4, 0.5) is 11.4 Å². The minimum Gasteiger partial charge on any atom is -0.277 e. The van der Waals surface area contributed by atoms with Gasteiger partial charge in [-0.05, 0) is 37.0 Å². The van der Waals surface area contributed by atoms with Crippen molar-refractivity contribution in [3.63, 3.8) is 0 Å². The van der Waals surface area contributed by atoms with Crippen molar-refractivity contribution >= 4 is 33.0 Å². The highest BCUT2D eigenvalue weighted by Crippen LogP contribution is 2.29. The van der Waals surface area contributed by atoms with Gasteiger partial charge >= 0.3 is 0 Å². The first-order valence-corrected chi connectivity index (χ1v) is 8.17. The molecule has 6 nitrogen and oxygen atoms in total. The van der Waals surface area contributed by atoms with Crippen LogP contribution in [-0.4, -0.2) is 25.0 Å². The van der Waals surface area contributed by atoms with Crippen molar-refractivity contribution in [1.82, 2.24) is 0 Å². The van der Waals surface area contributed by atoms with Crippen LogP contribution in [0, 0.1) is 29.9 Å². The third-order valence-electron chi connectivity index (χ3n) is 2.84. The zero-order valence-corrected chi connectivity index (χ0v) is 13.1. The van der Waals surface area contributed by atoms with Crippen LogP contribution in [0.15, 0.2) is 12.1 Å². The standard InChI is InChI=1S/C12H17ClN2O4S/c1-8(6-13)7-20(18,19)14-11-4-9(2)10(3)5-12(11)15(16)17/h4-5,8,14H,6-7H2,1-3H3. The van der Waals surface area contributed by atoms with Gasteiger partial charge in [-0.3, -0.25) is 14.8 Å². The Morgan fingerprint density at radius 3 is 2.40 bits per heavy atom. The number of rotatable bonds is 6. The number of anilines is 1. The van der Waals surface area contributed by atoms with E-state index in [1.807, 2.05) is 0 Å². The Morgan fingerprint density at radius 2 is 1.90 bits per heavy atom. The van der Waals surface area contributed by atoms with Crippen LogP contribution < -0.4 is 4.72 Å². The quantitative estimate of drug-likeness (QED) is 0.496. The number of hydrogen-bond acceptors (Lipinski definition) is 4. The Labute approximate surface area is 123 Å². The van der Waals surface area contributed by atoms with Crippen molar-refractivity contribution in [1.29, 1.82) is 0 Å². The molecule has 0 amide bonds. The SMILES string of the molecule is Cc1cc(NS(=O)(=O)CC(C)CCl)c([N+](=O)[O-])cc1C. The second kappa shape index (κ2) is 6.41. The van der Waals surface area contributed by atoms with Gasteiger partial charge in [0.15, 0.2) is 0 Å². The van der Waals surface area contributed by atoms with Crippen molar-refractivity contribution in [2.45, 2.75) is 20.8 Å². The van der Waals surface area contributed by atoms with E-state index in [2.05, 4.69) is 4.72 Å². The average Bonchev–Trinajstić information content (AvgIpc) is 2.31. The molecule has 1 unspecified atom stereocenters. The second-order valence-electron chi connectivity index (χ2n) is 4.85. The number of alkyl halides is 1. The van der Waals surface area contributed by atoms with Gasteiger partial charge in [0.05, 0.1) is 10.7 Å². The highest BCUT2D eigenvalue weighted by Gasteiger charge is 2.22. The molecule has 0 aromatic heterocycles. The Balaban J connectivity index is 3.14. The number of nitro benzene ring substituents is 1. The van der Waals surface area contributed by atoms with E-state index in [-0.39, 0.29) is 28.9 Å². The van der Waals surface area contributed by atoms with E-state index in [4.69, 9.17) is 11.6 Å². The van der Waals surface area contributed by atoms with E-state index in [0.717, 1.165) is 11.1 Å². The summed E-state index contributed by atoms with van der Waals surface area (Å²) in [6.07, 6.45) is 0. The van der Waals surface area contributed by atoms with E-state index in [0.29, 0.717) is 0 Å². The molecule has 1 atom stereocenters. The maximum absolute atomic E-state index is 11.9. The molecule has 1 aromatic carbocycles. The summed E-state index contributed by atoms with van der Waals surface area (Å²) in [4.78, 5) is 10.4. The van der Waals surface area contributed by atoms with Crippen molar-refractivity contribution < 1.29 is 13.3 Å². The highest BCUT2D eigenvalue weighted by atomic mass is 35.5.